The Hall–Kier alpha value is -6.77. The summed E-state index contributed by atoms with van der Waals surface area (Å²) in [5.74, 6) is 0.516. The maximum absolute atomic E-state index is 11.9. The van der Waals surface area contributed by atoms with Crippen molar-refractivity contribution in [2.24, 2.45) is 0 Å². The second-order valence-corrected chi connectivity index (χ2v) is 17.9. The zero-order valence-corrected chi connectivity index (χ0v) is 34.4. The predicted molar refractivity (Wildman–Crippen MR) is 251 cm³/mol. The highest BCUT2D eigenvalue weighted by Crippen LogP contribution is 2.52. The van der Waals surface area contributed by atoms with Crippen molar-refractivity contribution in [3.05, 3.63) is 144 Å². The number of nitrogens with zero attached hydrogens (tertiary/aromatic N) is 3. The Labute approximate surface area is 353 Å². The molecule has 0 unspecified atom stereocenters. The average molecular weight is 792 g/mol. The van der Waals surface area contributed by atoms with Crippen LogP contribution in [0.2, 0.25) is 0 Å². The molecule has 0 amide bonds. The Morgan fingerprint density at radius 2 is 0.885 bits per heavy atom. The molecule has 0 saturated heterocycles. The molecule has 0 N–H and O–H groups in total. The molecule has 0 aliphatic heterocycles. The van der Waals surface area contributed by atoms with Crippen molar-refractivity contribution in [3.63, 3.8) is 0 Å². The first-order valence-corrected chi connectivity index (χ1v) is 22.5. The van der Waals surface area contributed by atoms with Gasteiger partial charge in [-0.15, -0.1) is 0 Å². The van der Waals surface area contributed by atoms with Gasteiger partial charge in [0.15, 0.2) is 11.2 Å². The summed E-state index contributed by atoms with van der Waals surface area (Å²) in [6.07, 6.45) is 11.5. The van der Waals surface area contributed by atoms with Crippen LogP contribution in [0.25, 0.3) is 98.9 Å². The molecule has 0 bridgehead atoms. The number of furan rings is 2. The zero-order valence-electron chi connectivity index (χ0n) is 34.4. The van der Waals surface area contributed by atoms with Gasteiger partial charge in [0, 0.05) is 48.7 Å². The normalized spacial score (nSPS) is 15.8. The molecule has 296 valence electrons. The number of nitriles is 1. The molecule has 4 aromatic heterocycles. The van der Waals surface area contributed by atoms with Crippen LogP contribution in [-0.2, 0) is 0 Å². The molecular weight excluding hydrogens is 747 g/mol. The van der Waals surface area contributed by atoms with Crippen molar-refractivity contribution in [2.75, 3.05) is 0 Å². The van der Waals surface area contributed by atoms with E-state index >= 15 is 0 Å². The standard InChI is InChI=1S/C56H45N3O2/c1-33-49(34-16-4-2-5-17-34)44(32-57)52(59-46-25-13-9-21-37(46)41-29-31-43-39-23-11-15-27-48(39)61-56(43)54(41)59)50(35-18-6-3-7-19-35)51(33)58-45-24-12-8-20-36(45)40-28-30-42-38-22-10-14-26-47(38)60-55(42)53(40)58/h8-15,20-31,34-35H,2-7,16-19H2,1H3. The molecule has 61 heavy (non-hydrogen) atoms. The SMILES string of the molecule is Cc1c(C2CCCCC2)c(C#N)c(-n2c3ccccc3c3ccc4c5ccccc5oc4c32)c(C2CCCCC2)c1-n1c2ccccc2c2ccc3c4ccccc4oc3c21. The number of rotatable bonds is 4. The summed E-state index contributed by atoms with van der Waals surface area (Å²) in [7, 11) is 0. The van der Waals surface area contributed by atoms with Crippen molar-refractivity contribution < 1.29 is 8.83 Å². The highest BCUT2D eigenvalue weighted by atomic mass is 16.3. The third-order valence-electron chi connectivity index (χ3n) is 14.7. The lowest BCUT2D eigenvalue weighted by molar-refractivity contribution is 0.436. The van der Waals surface area contributed by atoms with Crippen molar-refractivity contribution in [1.29, 1.82) is 5.26 Å². The summed E-state index contributed by atoms with van der Waals surface area (Å²) in [6.45, 7) is 2.35. The zero-order chi connectivity index (χ0) is 40.3. The fourth-order valence-electron chi connectivity index (χ4n) is 12.1. The quantitative estimate of drug-likeness (QED) is 0.178. The van der Waals surface area contributed by atoms with E-state index in [0.29, 0.717) is 0 Å². The number of aromatic nitrogens is 2. The Morgan fingerprint density at radius 1 is 0.459 bits per heavy atom. The first-order chi connectivity index (χ1) is 30.2. The van der Waals surface area contributed by atoms with Crippen LogP contribution >= 0.6 is 0 Å². The number of para-hydroxylation sites is 4. The van der Waals surface area contributed by atoms with E-state index in [1.807, 2.05) is 0 Å². The van der Waals surface area contributed by atoms with Gasteiger partial charge in [-0.05, 0) is 92.0 Å². The molecule has 2 fully saturated rings. The van der Waals surface area contributed by atoms with E-state index in [4.69, 9.17) is 8.83 Å². The van der Waals surface area contributed by atoms with Crippen LogP contribution in [0.4, 0.5) is 0 Å². The molecule has 4 heterocycles. The van der Waals surface area contributed by atoms with Crippen LogP contribution in [0.15, 0.2) is 130 Å². The second-order valence-electron chi connectivity index (χ2n) is 17.9. The largest absolute Gasteiger partial charge is 0.454 e. The van der Waals surface area contributed by atoms with E-state index in [2.05, 4.69) is 143 Å². The Bertz CT molecular complexity index is 3650. The minimum Gasteiger partial charge on any atom is -0.454 e. The third kappa shape index (κ3) is 4.88. The Kier molecular flexibility index (Phi) is 7.68. The molecule has 11 aromatic rings. The fraction of sp³-hybridized carbons (Fsp3) is 0.232. The van der Waals surface area contributed by atoms with Gasteiger partial charge in [-0.1, -0.05) is 123 Å². The summed E-state index contributed by atoms with van der Waals surface area (Å²) in [4.78, 5) is 0. The van der Waals surface area contributed by atoms with Gasteiger partial charge in [-0.25, -0.2) is 0 Å². The van der Waals surface area contributed by atoms with Gasteiger partial charge >= 0.3 is 0 Å². The van der Waals surface area contributed by atoms with E-state index in [9.17, 15) is 5.26 Å². The molecule has 13 rings (SSSR count). The number of benzene rings is 7. The van der Waals surface area contributed by atoms with Gasteiger partial charge in [-0.3, -0.25) is 0 Å². The van der Waals surface area contributed by atoms with Gasteiger partial charge in [0.25, 0.3) is 0 Å². The summed E-state index contributed by atoms with van der Waals surface area (Å²) in [6, 6.07) is 46.6. The monoisotopic (exact) mass is 791 g/mol. The third-order valence-corrected chi connectivity index (χ3v) is 14.7. The lowest BCUT2D eigenvalue weighted by Crippen LogP contribution is -2.20. The van der Waals surface area contributed by atoms with Crippen LogP contribution in [-0.4, -0.2) is 9.13 Å². The average Bonchev–Trinajstić information content (AvgIpc) is 4.07. The van der Waals surface area contributed by atoms with Crippen LogP contribution in [0.5, 0.6) is 0 Å². The van der Waals surface area contributed by atoms with E-state index < -0.39 is 0 Å². The summed E-state index contributed by atoms with van der Waals surface area (Å²) in [5.41, 5.74) is 14.8. The summed E-state index contributed by atoms with van der Waals surface area (Å²) in [5, 5.41) is 21.1. The van der Waals surface area contributed by atoms with Crippen molar-refractivity contribution in [2.45, 2.75) is 83.0 Å². The molecule has 5 nitrogen and oxygen atoms in total. The van der Waals surface area contributed by atoms with Crippen molar-refractivity contribution >= 4 is 87.5 Å². The molecule has 7 aromatic carbocycles. The predicted octanol–water partition coefficient (Wildman–Crippen LogP) is 16.0. The minimum atomic E-state index is 0.238. The number of fused-ring (bicyclic) bond motifs is 14. The van der Waals surface area contributed by atoms with E-state index in [-0.39, 0.29) is 11.8 Å². The van der Waals surface area contributed by atoms with Crippen LogP contribution in [0, 0.1) is 18.3 Å². The highest BCUT2D eigenvalue weighted by molar-refractivity contribution is 6.23. The van der Waals surface area contributed by atoms with E-state index in [1.54, 1.807) is 0 Å². The van der Waals surface area contributed by atoms with E-state index in [1.165, 1.54) is 64.2 Å². The van der Waals surface area contributed by atoms with Crippen LogP contribution in [0.1, 0.15) is 98.3 Å². The van der Waals surface area contributed by atoms with Gasteiger partial charge in [0.05, 0.1) is 39.0 Å². The van der Waals surface area contributed by atoms with Gasteiger partial charge in [-0.2, -0.15) is 5.26 Å². The molecule has 0 atom stereocenters. The topological polar surface area (TPSA) is 59.9 Å². The van der Waals surface area contributed by atoms with E-state index in [0.717, 1.165) is 121 Å². The first kappa shape index (κ1) is 35.0. The molecule has 2 aliphatic rings. The summed E-state index contributed by atoms with van der Waals surface area (Å²) < 4.78 is 19.0. The van der Waals surface area contributed by atoms with Crippen LogP contribution < -0.4 is 0 Å². The molecular formula is C56H45N3O2. The fourth-order valence-corrected chi connectivity index (χ4v) is 12.1. The van der Waals surface area contributed by atoms with Gasteiger partial charge in [0.1, 0.15) is 17.2 Å². The van der Waals surface area contributed by atoms with Gasteiger partial charge in [0.2, 0.25) is 0 Å². The van der Waals surface area contributed by atoms with Gasteiger partial charge < -0.3 is 18.0 Å². The maximum Gasteiger partial charge on any atom is 0.160 e. The molecule has 0 radical (unpaired) electrons. The first-order valence-electron chi connectivity index (χ1n) is 22.5. The second kappa shape index (κ2) is 13.4. The van der Waals surface area contributed by atoms with Crippen LogP contribution in [0.3, 0.4) is 0 Å². The minimum absolute atomic E-state index is 0.238. The lowest BCUT2D eigenvalue weighted by atomic mass is 9.75. The maximum atomic E-state index is 11.9. The lowest BCUT2D eigenvalue weighted by Gasteiger charge is -2.34. The van der Waals surface area contributed by atoms with Crippen molar-refractivity contribution in [3.8, 4) is 17.4 Å². The molecule has 2 saturated carbocycles. The smallest absolute Gasteiger partial charge is 0.160 e. The summed E-state index contributed by atoms with van der Waals surface area (Å²) >= 11 is 0. The number of hydrogen-bond acceptors (Lipinski definition) is 3. The highest BCUT2D eigenvalue weighted by Gasteiger charge is 2.36. The Morgan fingerprint density at radius 3 is 1.39 bits per heavy atom. The molecule has 2 aliphatic carbocycles. The number of hydrogen-bond donors (Lipinski definition) is 0. The Balaban J connectivity index is 1.29. The molecule has 0 spiro atoms. The van der Waals surface area contributed by atoms with Crippen molar-refractivity contribution in [1.82, 2.24) is 9.13 Å². The molecule has 5 heteroatoms.